The molecule has 2 aliphatic heterocycles. The number of aromatic nitrogens is 2. The Hall–Kier alpha value is -3.19. The van der Waals surface area contributed by atoms with Gasteiger partial charge >= 0.3 is 0 Å². The van der Waals surface area contributed by atoms with Crippen LogP contribution in [0.5, 0.6) is 0 Å². The number of nitrogens with one attached hydrogen (secondary N) is 1. The Morgan fingerprint density at radius 2 is 1.80 bits per heavy atom. The van der Waals surface area contributed by atoms with Crippen LogP contribution >= 0.6 is 11.6 Å². The smallest absolute Gasteiger partial charge is 0.254 e. The van der Waals surface area contributed by atoms with E-state index in [2.05, 4.69) is 4.98 Å². The summed E-state index contributed by atoms with van der Waals surface area (Å²) in [5.74, 6) is 0.734. The second kappa shape index (κ2) is 9.46. The molecule has 1 fully saturated rings. The highest BCUT2D eigenvalue weighted by molar-refractivity contribution is 6.33. The SMILES string of the molecule is CC(=O)N1CCc2nc(-c3cc(C(=O)N4CCC(c5ccc(F)cc5)CC4)c(C)cc3Cl)[nH]c2C1. The molecule has 182 valence electrons. The van der Waals surface area contributed by atoms with Crippen molar-refractivity contribution >= 4 is 23.4 Å². The number of H-pyrrole nitrogens is 1. The van der Waals surface area contributed by atoms with Crippen LogP contribution in [0.25, 0.3) is 11.4 Å². The first-order valence-corrected chi connectivity index (χ1v) is 12.4. The van der Waals surface area contributed by atoms with Gasteiger partial charge in [-0.15, -0.1) is 0 Å². The molecular formula is C27H28ClFN4O2. The Morgan fingerprint density at radius 1 is 1.09 bits per heavy atom. The lowest BCUT2D eigenvalue weighted by molar-refractivity contribution is -0.129. The predicted molar refractivity (Wildman–Crippen MR) is 133 cm³/mol. The van der Waals surface area contributed by atoms with E-state index >= 15 is 0 Å². The number of aryl methyl sites for hydroxylation is 1. The van der Waals surface area contributed by atoms with Crippen LogP contribution in [-0.2, 0) is 17.8 Å². The summed E-state index contributed by atoms with van der Waals surface area (Å²) in [6.45, 7) is 5.90. The minimum absolute atomic E-state index is 0.0166. The van der Waals surface area contributed by atoms with E-state index in [1.165, 1.54) is 12.1 Å². The molecule has 0 saturated carbocycles. The molecule has 8 heteroatoms. The first-order valence-electron chi connectivity index (χ1n) is 12.0. The zero-order chi connectivity index (χ0) is 24.7. The number of piperidine rings is 1. The highest BCUT2D eigenvalue weighted by Crippen LogP contribution is 2.33. The number of benzene rings is 2. The summed E-state index contributed by atoms with van der Waals surface area (Å²) in [7, 11) is 0. The fourth-order valence-electron chi connectivity index (χ4n) is 5.10. The fourth-order valence-corrected chi connectivity index (χ4v) is 5.40. The third-order valence-electron chi connectivity index (χ3n) is 7.20. The van der Waals surface area contributed by atoms with Gasteiger partial charge in [0.1, 0.15) is 11.6 Å². The lowest BCUT2D eigenvalue weighted by atomic mass is 9.89. The highest BCUT2D eigenvalue weighted by atomic mass is 35.5. The monoisotopic (exact) mass is 494 g/mol. The zero-order valence-corrected chi connectivity index (χ0v) is 20.7. The van der Waals surface area contributed by atoms with Crippen molar-refractivity contribution in [2.45, 2.75) is 45.6 Å². The Balaban J connectivity index is 1.35. The van der Waals surface area contributed by atoms with Crippen molar-refractivity contribution in [2.24, 2.45) is 0 Å². The van der Waals surface area contributed by atoms with E-state index in [1.54, 1.807) is 11.8 Å². The number of rotatable bonds is 3. The molecule has 2 aromatic carbocycles. The maximum absolute atomic E-state index is 13.5. The van der Waals surface area contributed by atoms with E-state index in [-0.39, 0.29) is 17.6 Å². The number of halogens is 2. The van der Waals surface area contributed by atoms with E-state index in [9.17, 15) is 14.0 Å². The van der Waals surface area contributed by atoms with Gasteiger partial charge in [-0.1, -0.05) is 23.7 Å². The number of hydrogen-bond acceptors (Lipinski definition) is 3. The normalized spacial score (nSPS) is 16.3. The topological polar surface area (TPSA) is 69.3 Å². The molecule has 6 nitrogen and oxygen atoms in total. The van der Waals surface area contributed by atoms with Crippen molar-refractivity contribution in [3.63, 3.8) is 0 Å². The number of nitrogens with zero attached hydrogens (tertiary/aromatic N) is 3. The first-order chi connectivity index (χ1) is 16.8. The maximum Gasteiger partial charge on any atom is 0.254 e. The summed E-state index contributed by atoms with van der Waals surface area (Å²) >= 11 is 6.59. The van der Waals surface area contributed by atoms with E-state index in [0.29, 0.717) is 60.5 Å². The molecule has 5 rings (SSSR count). The molecule has 0 aliphatic carbocycles. The quantitative estimate of drug-likeness (QED) is 0.550. The Morgan fingerprint density at radius 3 is 2.49 bits per heavy atom. The van der Waals surface area contributed by atoms with Gasteiger partial charge in [-0.25, -0.2) is 9.37 Å². The molecule has 0 radical (unpaired) electrons. The molecular weight excluding hydrogens is 467 g/mol. The third-order valence-corrected chi connectivity index (χ3v) is 7.51. The van der Waals surface area contributed by atoms with Crippen LogP contribution < -0.4 is 0 Å². The minimum Gasteiger partial charge on any atom is -0.340 e. The van der Waals surface area contributed by atoms with Gasteiger partial charge < -0.3 is 14.8 Å². The standard InChI is InChI=1S/C27H28ClFN4O2/c1-16-13-23(28)22(26-30-24-9-12-33(17(2)34)15-25(24)31-26)14-21(16)27(35)32-10-7-19(8-11-32)18-3-5-20(29)6-4-18/h3-6,13-14,19H,7-12,15H2,1-2H3,(H,30,31). The van der Waals surface area contributed by atoms with Crippen molar-refractivity contribution in [3.05, 3.63) is 75.3 Å². The lowest BCUT2D eigenvalue weighted by Crippen LogP contribution is -2.38. The summed E-state index contributed by atoms with van der Waals surface area (Å²) in [4.78, 5) is 37.0. The average Bonchev–Trinajstić information content (AvgIpc) is 3.27. The second-order valence-corrected chi connectivity index (χ2v) is 9.87. The third kappa shape index (κ3) is 4.69. The predicted octanol–water partition coefficient (Wildman–Crippen LogP) is 5.10. The molecule has 0 unspecified atom stereocenters. The molecule has 1 aromatic heterocycles. The van der Waals surface area contributed by atoms with Gasteiger partial charge in [-0.2, -0.15) is 0 Å². The number of carbonyl (C=O) groups is 2. The molecule has 0 atom stereocenters. The Bertz CT molecular complexity index is 1280. The fraction of sp³-hybridized carbons (Fsp3) is 0.370. The maximum atomic E-state index is 13.5. The number of aromatic amines is 1. The molecule has 1 N–H and O–H groups in total. The second-order valence-electron chi connectivity index (χ2n) is 9.47. The summed E-state index contributed by atoms with van der Waals surface area (Å²) in [6, 6.07) is 10.3. The van der Waals surface area contributed by atoms with Gasteiger partial charge in [-0.3, -0.25) is 9.59 Å². The van der Waals surface area contributed by atoms with Gasteiger partial charge in [0.25, 0.3) is 5.91 Å². The molecule has 3 heterocycles. The molecule has 1 saturated heterocycles. The average molecular weight is 495 g/mol. The van der Waals surface area contributed by atoms with Crippen molar-refractivity contribution in [2.75, 3.05) is 19.6 Å². The van der Waals surface area contributed by atoms with Crippen molar-refractivity contribution in [1.82, 2.24) is 19.8 Å². The van der Waals surface area contributed by atoms with Crippen LogP contribution in [0.15, 0.2) is 36.4 Å². The molecule has 0 spiro atoms. The van der Waals surface area contributed by atoms with Crippen LogP contribution in [0.4, 0.5) is 4.39 Å². The van der Waals surface area contributed by atoms with Gasteiger partial charge in [0.15, 0.2) is 0 Å². The van der Waals surface area contributed by atoms with Gasteiger partial charge in [0.2, 0.25) is 5.91 Å². The number of carbonyl (C=O) groups excluding carboxylic acids is 2. The van der Waals surface area contributed by atoms with Gasteiger partial charge in [0.05, 0.1) is 23.0 Å². The molecule has 2 amide bonds. The van der Waals surface area contributed by atoms with Crippen LogP contribution in [0.1, 0.15) is 58.6 Å². The summed E-state index contributed by atoms with van der Waals surface area (Å²) in [6.07, 6.45) is 2.37. The number of fused-ring (bicyclic) bond motifs is 1. The van der Waals surface area contributed by atoms with Crippen LogP contribution in [0, 0.1) is 12.7 Å². The van der Waals surface area contributed by atoms with Gasteiger partial charge in [-0.05, 0) is 61.1 Å². The van der Waals surface area contributed by atoms with Crippen LogP contribution in [0.3, 0.4) is 0 Å². The molecule has 0 bridgehead atoms. The molecule has 3 aromatic rings. The lowest BCUT2D eigenvalue weighted by Gasteiger charge is -2.32. The van der Waals surface area contributed by atoms with E-state index in [4.69, 9.17) is 16.6 Å². The largest absolute Gasteiger partial charge is 0.340 e. The minimum atomic E-state index is -0.232. The van der Waals surface area contributed by atoms with E-state index in [1.807, 2.05) is 36.1 Å². The summed E-state index contributed by atoms with van der Waals surface area (Å²) in [5.41, 5.74) is 5.09. The number of amides is 2. The van der Waals surface area contributed by atoms with Crippen molar-refractivity contribution < 1.29 is 14.0 Å². The Labute approximate surface area is 209 Å². The van der Waals surface area contributed by atoms with E-state index in [0.717, 1.165) is 35.4 Å². The number of hydrogen-bond donors (Lipinski definition) is 1. The Kier molecular flexibility index (Phi) is 6.36. The first kappa shape index (κ1) is 23.5. The number of imidazole rings is 1. The van der Waals surface area contributed by atoms with Crippen LogP contribution in [0.2, 0.25) is 5.02 Å². The van der Waals surface area contributed by atoms with Crippen LogP contribution in [-0.4, -0.2) is 51.2 Å². The van der Waals surface area contributed by atoms with Gasteiger partial charge in [0, 0.05) is 44.1 Å². The highest BCUT2D eigenvalue weighted by Gasteiger charge is 2.27. The summed E-state index contributed by atoms with van der Waals surface area (Å²) < 4.78 is 13.3. The van der Waals surface area contributed by atoms with Crippen molar-refractivity contribution in [1.29, 1.82) is 0 Å². The van der Waals surface area contributed by atoms with E-state index < -0.39 is 0 Å². The number of likely N-dealkylation sites (tertiary alicyclic amines) is 1. The summed E-state index contributed by atoms with van der Waals surface area (Å²) in [5, 5.41) is 0.531. The van der Waals surface area contributed by atoms with Crippen molar-refractivity contribution in [3.8, 4) is 11.4 Å². The molecule has 2 aliphatic rings. The molecule has 35 heavy (non-hydrogen) atoms. The zero-order valence-electron chi connectivity index (χ0n) is 19.9.